The van der Waals surface area contributed by atoms with E-state index >= 15 is 0 Å². The van der Waals surface area contributed by atoms with Crippen LogP contribution in [0.4, 0.5) is 5.69 Å². The lowest BCUT2D eigenvalue weighted by atomic mass is 10.2. The average Bonchev–Trinajstić information content (AvgIpc) is 2.77. The van der Waals surface area contributed by atoms with E-state index in [1.165, 1.54) is 0 Å². The number of para-hydroxylation sites is 1. The Hall–Kier alpha value is -1.59. The van der Waals surface area contributed by atoms with Crippen LogP contribution in [0, 0.1) is 0 Å². The molecule has 0 aliphatic carbocycles. The summed E-state index contributed by atoms with van der Waals surface area (Å²) in [6.07, 6.45) is 0. The van der Waals surface area contributed by atoms with E-state index in [0.29, 0.717) is 11.7 Å². The molecule has 1 atom stereocenters. The number of hydrogen-bond acceptors (Lipinski definition) is 5. The Morgan fingerprint density at radius 1 is 1.42 bits per heavy atom. The zero-order valence-electron chi connectivity index (χ0n) is 11.5. The van der Waals surface area contributed by atoms with E-state index in [1.54, 1.807) is 0 Å². The molecule has 1 unspecified atom stereocenters. The quantitative estimate of drug-likeness (QED) is 0.830. The van der Waals surface area contributed by atoms with Crippen LogP contribution in [-0.4, -0.2) is 47.5 Å². The fraction of sp³-hybridized carbons (Fsp3) is 0.500. The summed E-state index contributed by atoms with van der Waals surface area (Å²) in [5, 5.41) is 0. The number of nitrogens with zero attached hydrogens (tertiary/aromatic N) is 3. The van der Waals surface area contributed by atoms with Gasteiger partial charge in [0.2, 0.25) is 5.89 Å². The molecule has 1 aromatic heterocycles. The number of rotatable bonds is 2. The van der Waals surface area contributed by atoms with Crippen molar-refractivity contribution in [3.8, 4) is 0 Å². The third-order valence-electron chi connectivity index (χ3n) is 3.80. The highest BCUT2D eigenvalue weighted by atomic mass is 16.3. The van der Waals surface area contributed by atoms with E-state index in [0.717, 1.165) is 43.2 Å². The summed E-state index contributed by atoms with van der Waals surface area (Å²) < 4.78 is 5.78. The number of fused-ring (bicyclic) bond motifs is 1. The summed E-state index contributed by atoms with van der Waals surface area (Å²) in [5.74, 6) is 0.754. The minimum Gasteiger partial charge on any atom is -0.439 e. The van der Waals surface area contributed by atoms with Gasteiger partial charge in [-0.1, -0.05) is 6.07 Å². The van der Waals surface area contributed by atoms with E-state index in [9.17, 15) is 0 Å². The largest absolute Gasteiger partial charge is 0.439 e. The minimum atomic E-state index is 0.520. The van der Waals surface area contributed by atoms with Crippen molar-refractivity contribution in [1.82, 2.24) is 14.8 Å². The first-order chi connectivity index (χ1) is 9.13. The van der Waals surface area contributed by atoms with E-state index in [1.807, 2.05) is 18.2 Å². The topological polar surface area (TPSA) is 58.5 Å². The molecule has 1 aliphatic rings. The molecule has 102 valence electrons. The van der Waals surface area contributed by atoms with Gasteiger partial charge in [-0.15, -0.1) is 0 Å². The second-order valence-electron chi connectivity index (χ2n) is 5.38. The van der Waals surface area contributed by atoms with Crippen molar-refractivity contribution in [1.29, 1.82) is 0 Å². The fourth-order valence-corrected chi connectivity index (χ4v) is 2.67. The summed E-state index contributed by atoms with van der Waals surface area (Å²) in [6.45, 7) is 6.22. The molecular weight excluding hydrogens is 240 g/mol. The Balaban J connectivity index is 1.80. The van der Waals surface area contributed by atoms with E-state index in [-0.39, 0.29) is 0 Å². The molecule has 1 fully saturated rings. The number of nitrogens with two attached hydrogens (primary N) is 1. The highest BCUT2D eigenvalue weighted by Gasteiger charge is 2.23. The molecule has 2 aromatic rings. The van der Waals surface area contributed by atoms with Gasteiger partial charge in [0.1, 0.15) is 5.52 Å². The molecule has 0 saturated carbocycles. The number of likely N-dealkylation sites (N-methyl/N-ethyl adjacent to an activating group) is 1. The third-order valence-corrected chi connectivity index (χ3v) is 3.80. The molecule has 0 radical (unpaired) electrons. The Bertz CT molecular complexity index is 580. The van der Waals surface area contributed by atoms with Crippen molar-refractivity contribution >= 4 is 16.8 Å². The zero-order chi connectivity index (χ0) is 13.4. The Labute approximate surface area is 113 Å². The molecule has 1 aromatic carbocycles. The summed E-state index contributed by atoms with van der Waals surface area (Å²) in [7, 11) is 2.16. The highest BCUT2D eigenvalue weighted by Crippen LogP contribution is 2.22. The molecule has 1 aliphatic heterocycles. The van der Waals surface area contributed by atoms with Crippen LogP contribution >= 0.6 is 0 Å². The number of nitrogen functional groups attached to an aromatic ring is 1. The minimum absolute atomic E-state index is 0.520. The molecule has 0 amide bonds. The van der Waals surface area contributed by atoms with E-state index in [2.05, 4.69) is 28.8 Å². The van der Waals surface area contributed by atoms with Gasteiger partial charge in [0.25, 0.3) is 0 Å². The van der Waals surface area contributed by atoms with Crippen molar-refractivity contribution in [2.75, 3.05) is 32.4 Å². The molecule has 19 heavy (non-hydrogen) atoms. The molecule has 1 saturated heterocycles. The second-order valence-corrected chi connectivity index (χ2v) is 5.38. The van der Waals surface area contributed by atoms with Gasteiger partial charge in [0.05, 0.1) is 12.2 Å². The molecule has 0 bridgehead atoms. The van der Waals surface area contributed by atoms with Gasteiger partial charge >= 0.3 is 0 Å². The molecule has 5 heteroatoms. The van der Waals surface area contributed by atoms with Gasteiger partial charge in [0.15, 0.2) is 5.58 Å². The maximum atomic E-state index is 5.91. The van der Waals surface area contributed by atoms with Gasteiger partial charge in [-0.3, -0.25) is 4.90 Å². The van der Waals surface area contributed by atoms with Gasteiger partial charge in [-0.2, -0.15) is 0 Å². The number of benzene rings is 1. The van der Waals surface area contributed by atoms with Crippen molar-refractivity contribution in [3.63, 3.8) is 0 Å². The summed E-state index contributed by atoms with van der Waals surface area (Å²) in [6, 6.07) is 6.18. The summed E-state index contributed by atoms with van der Waals surface area (Å²) >= 11 is 0. The van der Waals surface area contributed by atoms with Crippen LogP contribution in [0.1, 0.15) is 12.8 Å². The number of piperazine rings is 1. The van der Waals surface area contributed by atoms with Crippen molar-refractivity contribution in [2.24, 2.45) is 0 Å². The second kappa shape index (κ2) is 4.83. The zero-order valence-corrected chi connectivity index (χ0v) is 11.5. The van der Waals surface area contributed by atoms with Gasteiger partial charge in [0, 0.05) is 25.7 Å². The summed E-state index contributed by atoms with van der Waals surface area (Å²) in [5.41, 5.74) is 8.14. The molecule has 2 N–H and O–H groups in total. The van der Waals surface area contributed by atoms with E-state index in [4.69, 9.17) is 10.2 Å². The molecule has 2 heterocycles. The molecular formula is C14H20N4O. The van der Waals surface area contributed by atoms with Gasteiger partial charge < -0.3 is 15.1 Å². The number of oxazole rings is 1. The predicted molar refractivity (Wildman–Crippen MR) is 75.8 cm³/mol. The number of aromatic nitrogens is 1. The van der Waals surface area contributed by atoms with Gasteiger partial charge in [-0.05, 0) is 26.1 Å². The van der Waals surface area contributed by atoms with Crippen molar-refractivity contribution in [2.45, 2.75) is 19.5 Å². The van der Waals surface area contributed by atoms with Crippen LogP contribution in [-0.2, 0) is 6.54 Å². The lowest BCUT2D eigenvalue weighted by molar-refractivity contribution is 0.0864. The molecule has 3 rings (SSSR count). The number of hydrogen-bond donors (Lipinski definition) is 1. The third kappa shape index (κ3) is 2.43. The maximum Gasteiger partial charge on any atom is 0.209 e. The average molecular weight is 260 g/mol. The summed E-state index contributed by atoms with van der Waals surface area (Å²) in [4.78, 5) is 9.27. The standard InChI is InChI=1S/C14H20N4O/c1-10-8-17(2)6-7-18(10)9-13-16-14-11(15)4-3-5-12(14)19-13/h3-5,10H,6-9,15H2,1-2H3. The molecule has 5 nitrogen and oxygen atoms in total. The van der Waals surface area contributed by atoms with Crippen LogP contribution in [0.5, 0.6) is 0 Å². The van der Waals surface area contributed by atoms with Crippen LogP contribution in [0.25, 0.3) is 11.1 Å². The normalized spacial score (nSPS) is 22.1. The van der Waals surface area contributed by atoms with Crippen LogP contribution < -0.4 is 5.73 Å². The number of anilines is 1. The lowest BCUT2D eigenvalue weighted by Crippen LogP contribution is -2.49. The van der Waals surface area contributed by atoms with Crippen LogP contribution in [0.15, 0.2) is 22.6 Å². The maximum absolute atomic E-state index is 5.91. The lowest BCUT2D eigenvalue weighted by Gasteiger charge is -2.37. The predicted octanol–water partition coefficient (Wildman–Crippen LogP) is 1.55. The Kier molecular flexibility index (Phi) is 3.16. The first-order valence-corrected chi connectivity index (χ1v) is 6.70. The highest BCUT2D eigenvalue weighted by molar-refractivity contribution is 5.85. The smallest absolute Gasteiger partial charge is 0.209 e. The van der Waals surface area contributed by atoms with Crippen LogP contribution in [0.2, 0.25) is 0 Å². The van der Waals surface area contributed by atoms with E-state index < -0.39 is 0 Å². The Morgan fingerprint density at radius 3 is 3.00 bits per heavy atom. The SMILES string of the molecule is CC1CN(C)CCN1Cc1nc2c(N)cccc2o1. The first-order valence-electron chi connectivity index (χ1n) is 6.70. The van der Waals surface area contributed by atoms with Crippen molar-refractivity contribution < 1.29 is 4.42 Å². The van der Waals surface area contributed by atoms with Crippen molar-refractivity contribution in [3.05, 3.63) is 24.1 Å². The van der Waals surface area contributed by atoms with Gasteiger partial charge in [-0.25, -0.2) is 4.98 Å². The molecule has 0 spiro atoms. The first kappa shape index (κ1) is 12.4. The fourth-order valence-electron chi connectivity index (χ4n) is 2.67. The monoisotopic (exact) mass is 260 g/mol. The van der Waals surface area contributed by atoms with Crippen LogP contribution in [0.3, 0.4) is 0 Å². The Morgan fingerprint density at radius 2 is 2.26 bits per heavy atom.